The van der Waals surface area contributed by atoms with Crippen LogP contribution in [-0.2, 0) is 14.8 Å². The summed E-state index contributed by atoms with van der Waals surface area (Å²) in [7, 11) is -3.54. The molecule has 162 valence electrons. The Bertz CT molecular complexity index is 922. The second kappa shape index (κ2) is 10.2. The molecule has 0 aliphatic carbocycles. The maximum absolute atomic E-state index is 12.7. The van der Waals surface area contributed by atoms with Crippen LogP contribution in [0.5, 0.6) is 0 Å². The van der Waals surface area contributed by atoms with Gasteiger partial charge in [-0.1, -0.05) is 44.2 Å². The molecule has 6 nitrogen and oxygen atoms in total. The van der Waals surface area contributed by atoms with Crippen LogP contribution < -0.4 is 10.0 Å². The predicted octanol–water partition coefficient (Wildman–Crippen LogP) is 3.58. The Balaban J connectivity index is 1.48. The molecule has 0 spiro atoms. The largest absolute Gasteiger partial charge is 0.325 e. The van der Waals surface area contributed by atoms with Crippen molar-refractivity contribution in [2.24, 2.45) is 0 Å². The van der Waals surface area contributed by atoms with Gasteiger partial charge in [-0.15, -0.1) is 0 Å². The zero-order valence-electron chi connectivity index (χ0n) is 17.7. The molecule has 0 saturated carbocycles. The number of benzene rings is 2. The van der Waals surface area contributed by atoms with Gasteiger partial charge in [-0.25, -0.2) is 13.1 Å². The molecule has 1 unspecified atom stereocenters. The second-order valence-electron chi connectivity index (χ2n) is 7.96. The number of rotatable bonds is 8. The van der Waals surface area contributed by atoms with Gasteiger partial charge in [-0.05, 0) is 55.0 Å². The molecular formula is C23H31N3O3S. The first kappa shape index (κ1) is 22.5. The fraction of sp³-hybridized carbons (Fsp3) is 0.435. The van der Waals surface area contributed by atoms with E-state index in [1.807, 2.05) is 42.5 Å². The Morgan fingerprint density at radius 3 is 2.30 bits per heavy atom. The molecule has 1 fully saturated rings. The van der Waals surface area contributed by atoms with E-state index in [2.05, 4.69) is 28.8 Å². The third kappa shape index (κ3) is 6.14. The van der Waals surface area contributed by atoms with Crippen molar-refractivity contribution in [3.8, 4) is 0 Å². The molecule has 1 aliphatic rings. The van der Waals surface area contributed by atoms with Crippen molar-refractivity contribution >= 4 is 21.6 Å². The monoisotopic (exact) mass is 429 g/mol. The van der Waals surface area contributed by atoms with Crippen molar-refractivity contribution < 1.29 is 13.2 Å². The lowest BCUT2D eigenvalue weighted by Gasteiger charge is -2.31. The van der Waals surface area contributed by atoms with Gasteiger partial charge < -0.3 is 5.32 Å². The second-order valence-corrected chi connectivity index (χ2v) is 9.68. The van der Waals surface area contributed by atoms with E-state index >= 15 is 0 Å². The highest BCUT2D eigenvalue weighted by Gasteiger charge is 2.25. The van der Waals surface area contributed by atoms with E-state index in [0.29, 0.717) is 43.3 Å². The van der Waals surface area contributed by atoms with E-state index in [-0.39, 0.29) is 11.9 Å². The highest BCUT2D eigenvalue weighted by atomic mass is 32.2. The van der Waals surface area contributed by atoms with E-state index in [1.54, 1.807) is 12.1 Å². The van der Waals surface area contributed by atoms with E-state index in [0.717, 1.165) is 17.7 Å². The Kier molecular flexibility index (Phi) is 7.64. The SMILES string of the molecule is CCC(C)c1ccc(S(=O)(=O)NC2CCN(CC(=O)Nc3ccccc3)CC2)cc1. The summed E-state index contributed by atoms with van der Waals surface area (Å²) in [6.45, 7) is 5.93. The molecule has 0 bridgehead atoms. The highest BCUT2D eigenvalue weighted by molar-refractivity contribution is 7.89. The third-order valence-electron chi connectivity index (χ3n) is 5.71. The van der Waals surface area contributed by atoms with E-state index in [9.17, 15) is 13.2 Å². The molecule has 1 aliphatic heterocycles. The summed E-state index contributed by atoms with van der Waals surface area (Å²) in [5.74, 6) is 0.361. The third-order valence-corrected chi connectivity index (χ3v) is 7.24. The minimum Gasteiger partial charge on any atom is -0.325 e. The molecule has 1 saturated heterocycles. The van der Waals surface area contributed by atoms with Crippen LogP contribution in [-0.4, -0.2) is 44.9 Å². The molecule has 7 heteroatoms. The van der Waals surface area contributed by atoms with E-state index in [1.165, 1.54) is 0 Å². The number of hydrogen-bond donors (Lipinski definition) is 2. The van der Waals surface area contributed by atoms with Crippen LogP contribution in [0.1, 0.15) is 44.6 Å². The van der Waals surface area contributed by atoms with Gasteiger partial charge in [0.2, 0.25) is 15.9 Å². The first-order valence-corrected chi connectivity index (χ1v) is 12.0. The van der Waals surface area contributed by atoms with Crippen molar-refractivity contribution in [2.75, 3.05) is 25.0 Å². The first-order valence-electron chi connectivity index (χ1n) is 10.6. The smallest absolute Gasteiger partial charge is 0.240 e. The minimum absolute atomic E-state index is 0.0540. The highest BCUT2D eigenvalue weighted by Crippen LogP contribution is 2.21. The van der Waals surface area contributed by atoms with E-state index < -0.39 is 10.0 Å². The number of likely N-dealkylation sites (tertiary alicyclic amines) is 1. The molecule has 2 N–H and O–H groups in total. The number of hydrogen-bond acceptors (Lipinski definition) is 4. The van der Waals surface area contributed by atoms with Crippen molar-refractivity contribution in [3.05, 3.63) is 60.2 Å². The van der Waals surface area contributed by atoms with Crippen LogP contribution >= 0.6 is 0 Å². The Morgan fingerprint density at radius 2 is 1.70 bits per heavy atom. The average Bonchev–Trinajstić information content (AvgIpc) is 2.75. The standard InChI is InChI=1S/C23H31N3O3S/c1-3-18(2)19-9-11-22(12-10-19)30(28,29)25-21-13-15-26(16-14-21)17-23(27)24-20-7-5-4-6-8-20/h4-12,18,21,25H,3,13-17H2,1-2H3,(H,24,27). The summed E-state index contributed by atoms with van der Waals surface area (Å²) in [5.41, 5.74) is 1.93. The number of nitrogens with zero attached hydrogens (tertiary/aromatic N) is 1. The molecular weight excluding hydrogens is 398 g/mol. The summed E-state index contributed by atoms with van der Waals surface area (Å²) in [6.07, 6.45) is 2.39. The maximum Gasteiger partial charge on any atom is 0.240 e. The normalized spacial score (nSPS) is 16.9. The average molecular weight is 430 g/mol. The van der Waals surface area contributed by atoms with Crippen LogP contribution in [0, 0.1) is 0 Å². The van der Waals surface area contributed by atoms with Crippen molar-refractivity contribution in [1.82, 2.24) is 9.62 Å². The number of nitrogens with one attached hydrogen (secondary N) is 2. The fourth-order valence-corrected chi connectivity index (χ4v) is 4.94. The fourth-order valence-electron chi connectivity index (χ4n) is 3.63. The van der Waals surface area contributed by atoms with Crippen LogP contribution in [0.15, 0.2) is 59.5 Å². The quantitative estimate of drug-likeness (QED) is 0.672. The molecule has 30 heavy (non-hydrogen) atoms. The van der Waals surface area contributed by atoms with Crippen molar-refractivity contribution in [2.45, 2.75) is 50.0 Å². The van der Waals surface area contributed by atoms with Gasteiger partial charge in [0.15, 0.2) is 0 Å². The lowest BCUT2D eigenvalue weighted by atomic mass is 9.99. The van der Waals surface area contributed by atoms with Crippen LogP contribution in [0.2, 0.25) is 0 Å². The Morgan fingerprint density at radius 1 is 1.07 bits per heavy atom. The number of carbonyl (C=O) groups is 1. The molecule has 0 radical (unpaired) electrons. The van der Waals surface area contributed by atoms with Gasteiger partial charge >= 0.3 is 0 Å². The van der Waals surface area contributed by atoms with Gasteiger partial charge in [0.25, 0.3) is 0 Å². The van der Waals surface area contributed by atoms with Gasteiger partial charge in [-0.2, -0.15) is 0 Å². The summed E-state index contributed by atoms with van der Waals surface area (Å²) in [4.78, 5) is 14.6. The maximum atomic E-state index is 12.7. The Hall–Kier alpha value is -2.22. The van der Waals surface area contributed by atoms with Gasteiger partial charge in [0, 0.05) is 24.8 Å². The molecule has 3 rings (SSSR count). The molecule has 1 amide bonds. The zero-order valence-corrected chi connectivity index (χ0v) is 18.5. The number of anilines is 1. The zero-order chi connectivity index (χ0) is 21.6. The molecule has 2 aromatic carbocycles. The summed E-state index contributed by atoms with van der Waals surface area (Å²) >= 11 is 0. The summed E-state index contributed by atoms with van der Waals surface area (Å²) in [6, 6.07) is 16.4. The Labute approximate surface area is 179 Å². The number of para-hydroxylation sites is 1. The summed E-state index contributed by atoms with van der Waals surface area (Å²) < 4.78 is 28.3. The van der Waals surface area contributed by atoms with Crippen molar-refractivity contribution in [3.63, 3.8) is 0 Å². The van der Waals surface area contributed by atoms with Crippen LogP contribution in [0.3, 0.4) is 0 Å². The molecule has 1 heterocycles. The van der Waals surface area contributed by atoms with Crippen LogP contribution in [0.25, 0.3) is 0 Å². The lowest BCUT2D eigenvalue weighted by Crippen LogP contribution is -2.46. The minimum atomic E-state index is -3.54. The van der Waals surface area contributed by atoms with Crippen LogP contribution in [0.4, 0.5) is 5.69 Å². The number of piperidine rings is 1. The topological polar surface area (TPSA) is 78.5 Å². The molecule has 1 atom stereocenters. The number of carbonyl (C=O) groups excluding carboxylic acids is 1. The molecule has 2 aromatic rings. The first-order chi connectivity index (χ1) is 14.4. The van der Waals surface area contributed by atoms with Gasteiger partial charge in [0.05, 0.1) is 11.4 Å². The predicted molar refractivity (Wildman–Crippen MR) is 120 cm³/mol. The lowest BCUT2D eigenvalue weighted by molar-refractivity contribution is -0.117. The number of amides is 1. The molecule has 0 aromatic heterocycles. The van der Waals surface area contributed by atoms with E-state index in [4.69, 9.17) is 0 Å². The van der Waals surface area contributed by atoms with Gasteiger partial charge in [-0.3, -0.25) is 9.69 Å². The number of sulfonamides is 1. The van der Waals surface area contributed by atoms with Gasteiger partial charge in [0.1, 0.15) is 0 Å². The summed E-state index contributed by atoms with van der Waals surface area (Å²) in [5, 5.41) is 2.88. The van der Waals surface area contributed by atoms with Crippen molar-refractivity contribution in [1.29, 1.82) is 0 Å².